The lowest BCUT2D eigenvalue weighted by molar-refractivity contribution is 0.368. The van der Waals surface area contributed by atoms with Gasteiger partial charge in [0.2, 0.25) is 0 Å². The maximum absolute atomic E-state index is 8.50. The summed E-state index contributed by atoms with van der Waals surface area (Å²) in [7, 11) is 0. The highest BCUT2D eigenvalue weighted by molar-refractivity contribution is 5.48. The number of hydrogen-bond acceptors (Lipinski definition) is 3. The predicted molar refractivity (Wildman–Crippen MR) is 85.2 cm³/mol. The zero-order valence-electron chi connectivity index (χ0n) is 12.4. The molecule has 0 fully saturated rings. The number of rotatable bonds is 6. The molecule has 0 aliphatic carbocycles. The molecule has 1 atom stereocenters. The number of anilines is 1. The lowest BCUT2D eigenvalue weighted by Crippen LogP contribution is -2.16. The summed E-state index contributed by atoms with van der Waals surface area (Å²) >= 11 is 0. The average Bonchev–Trinajstić information content (AvgIpc) is 2.52. The summed E-state index contributed by atoms with van der Waals surface area (Å²) in [6.07, 6.45) is 0. The van der Waals surface area contributed by atoms with E-state index in [0.29, 0.717) is 11.7 Å². The first-order valence-electron chi connectivity index (χ1n) is 7.12. The summed E-state index contributed by atoms with van der Waals surface area (Å²) in [5.74, 6) is 1.19. The second-order valence-corrected chi connectivity index (χ2v) is 5.25. The monoisotopic (exact) mass is 280 g/mol. The zero-order chi connectivity index (χ0) is 15.1. The normalized spacial score (nSPS) is 11.7. The van der Waals surface area contributed by atoms with Crippen molar-refractivity contribution in [3.63, 3.8) is 0 Å². The van der Waals surface area contributed by atoms with Crippen LogP contribution in [0.3, 0.4) is 0 Å². The van der Waals surface area contributed by atoms with Crippen LogP contribution in [0.5, 0.6) is 5.75 Å². The van der Waals surface area contributed by atoms with Crippen molar-refractivity contribution < 1.29 is 4.74 Å². The molecule has 1 unspecified atom stereocenters. The standard InChI is InChI=1S/C18H20N2O/c1-14(2)18(15-6-4-3-5-7-15)20-16-8-10-17(11-9-16)21-13-12-19/h3-11,14,18,20H,13H2,1-2H3. The van der Waals surface area contributed by atoms with E-state index in [0.717, 1.165) is 5.69 Å². The van der Waals surface area contributed by atoms with E-state index in [1.165, 1.54) is 5.56 Å². The van der Waals surface area contributed by atoms with Crippen LogP contribution in [0.25, 0.3) is 0 Å². The van der Waals surface area contributed by atoms with E-state index in [1.54, 1.807) is 0 Å². The van der Waals surface area contributed by atoms with Crippen molar-refractivity contribution in [1.82, 2.24) is 0 Å². The van der Waals surface area contributed by atoms with E-state index in [2.05, 4.69) is 43.4 Å². The molecule has 0 aliphatic heterocycles. The van der Waals surface area contributed by atoms with Crippen LogP contribution in [0.1, 0.15) is 25.5 Å². The van der Waals surface area contributed by atoms with Crippen molar-refractivity contribution in [2.24, 2.45) is 5.92 Å². The Balaban J connectivity index is 2.09. The fourth-order valence-electron chi connectivity index (χ4n) is 2.24. The molecule has 0 spiro atoms. The molecule has 0 amide bonds. The molecule has 0 aliphatic rings. The first-order chi connectivity index (χ1) is 10.2. The summed E-state index contributed by atoms with van der Waals surface area (Å²) in [5.41, 5.74) is 2.32. The molecule has 2 aromatic carbocycles. The van der Waals surface area contributed by atoms with Gasteiger partial charge in [-0.15, -0.1) is 0 Å². The van der Waals surface area contributed by atoms with Crippen LogP contribution in [0.2, 0.25) is 0 Å². The second kappa shape index (κ2) is 7.35. The SMILES string of the molecule is CC(C)C(Nc1ccc(OCC#N)cc1)c1ccccc1. The fraction of sp³-hybridized carbons (Fsp3) is 0.278. The summed E-state index contributed by atoms with van der Waals surface area (Å²) in [6, 6.07) is 20.4. The Morgan fingerprint density at radius 3 is 2.29 bits per heavy atom. The third-order valence-electron chi connectivity index (χ3n) is 3.31. The Kier molecular flexibility index (Phi) is 5.22. The van der Waals surface area contributed by atoms with Gasteiger partial charge >= 0.3 is 0 Å². The molecular formula is C18H20N2O. The lowest BCUT2D eigenvalue weighted by atomic mass is 9.96. The molecule has 0 heterocycles. The maximum atomic E-state index is 8.50. The first kappa shape index (κ1) is 14.9. The highest BCUT2D eigenvalue weighted by Gasteiger charge is 2.15. The zero-order valence-corrected chi connectivity index (χ0v) is 12.4. The number of benzene rings is 2. The molecule has 0 bridgehead atoms. The summed E-state index contributed by atoms with van der Waals surface area (Å²) in [6.45, 7) is 4.48. The molecule has 21 heavy (non-hydrogen) atoms. The van der Waals surface area contributed by atoms with Gasteiger partial charge in [0.05, 0.1) is 6.04 Å². The highest BCUT2D eigenvalue weighted by Crippen LogP contribution is 2.27. The van der Waals surface area contributed by atoms with E-state index in [1.807, 2.05) is 36.4 Å². The molecule has 2 aromatic rings. The Morgan fingerprint density at radius 1 is 1.05 bits per heavy atom. The Bertz CT molecular complexity index is 585. The number of hydrogen-bond donors (Lipinski definition) is 1. The van der Waals surface area contributed by atoms with Crippen LogP contribution >= 0.6 is 0 Å². The third-order valence-corrected chi connectivity index (χ3v) is 3.31. The Labute approximate surface area is 126 Å². The molecular weight excluding hydrogens is 260 g/mol. The lowest BCUT2D eigenvalue weighted by Gasteiger charge is -2.24. The summed E-state index contributed by atoms with van der Waals surface area (Å²) < 4.78 is 5.26. The smallest absolute Gasteiger partial charge is 0.174 e. The van der Waals surface area contributed by atoms with Gasteiger partial charge < -0.3 is 10.1 Å². The van der Waals surface area contributed by atoms with E-state index in [4.69, 9.17) is 10.00 Å². The first-order valence-corrected chi connectivity index (χ1v) is 7.12. The van der Waals surface area contributed by atoms with Gasteiger partial charge in [-0.05, 0) is 35.7 Å². The van der Waals surface area contributed by atoms with Gasteiger partial charge in [0.25, 0.3) is 0 Å². The van der Waals surface area contributed by atoms with Gasteiger partial charge in [0, 0.05) is 5.69 Å². The minimum Gasteiger partial charge on any atom is -0.479 e. The quantitative estimate of drug-likeness (QED) is 0.853. The van der Waals surface area contributed by atoms with Crippen molar-refractivity contribution in [3.05, 3.63) is 60.2 Å². The molecule has 0 radical (unpaired) electrons. The van der Waals surface area contributed by atoms with E-state index in [-0.39, 0.29) is 12.6 Å². The molecule has 108 valence electrons. The Morgan fingerprint density at radius 2 is 1.71 bits per heavy atom. The van der Waals surface area contributed by atoms with Gasteiger partial charge in [-0.3, -0.25) is 0 Å². The van der Waals surface area contributed by atoms with Gasteiger partial charge in [-0.1, -0.05) is 44.2 Å². The molecule has 2 rings (SSSR count). The summed E-state index contributed by atoms with van der Waals surface area (Å²) in [5, 5.41) is 12.1. The average molecular weight is 280 g/mol. The summed E-state index contributed by atoms with van der Waals surface area (Å²) in [4.78, 5) is 0. The molecule has 0 saturated heterocycles. The van der Waals surface area contributed by atoms with Crippen LogP contribution < -0.4 is 10.1 Å². The molecule has 1 N–H and O–H groups in total. The van der Waals surface area contributed by atoms with Gasteiger partial charge in [0.15, 0.2) is 6.61 Å². The van der Waals surface area contributed by atoms with Gasteiger partial charge in [0.1, 0.15) is 11.8 Å². The third kappa shape index (κ3) is 4.25. The van der Waals surface area contributed by atoms with Gasteiger partial charge in [-0.2, -0.15) is 5.26 Å². The number of nitrogens with zero attached hydrogens (tertiary/aromatic N) is 1. The number of nitrogens with one attached hydrogen (secondary N) is 1. The predicted octanol–water partition coefficient (Wildman–Crippen LogP) is 4.40. The molecule has 0 saturated carbocycles. The van der Waals surface area contributed by atoms with Crippen molar-refractivity contribution in [2.45, 2.75) is 19.9 Å². The van der Waals surface area contributed by atoms with E-state index >= 15 is 0 Å². The highest BCUT2D eigenvalue weighted by atomic mass is 16.5. The second-order valence-electron chi connectivity index (χ2n) is 5.25. The van der Waals surface area contributed by atoms with Crippen LogP contribution in [-0.4, -0.2) is 6.61 Å². The number of nitriles is 1. The topological polar surface area (TPSA) is 45.0 Å². The van der Waals surface area contributed by atoms with E-state index < -0.39 is 0 Å². The van der Waals surface area contributed by atoms with Crippen LogP contribution in [0.4, 0.5) is 5.69 Å². The van der Waals surface area contributed by atoms with Gasteiger partial charge in [-0.25, -0.2) is 0 Å². The largest absolute Gasteiger partial charge is 0.479 e. The van der Waals surface area contributed by atoms with Crippen molar-refractivity contribution in [1.29, 1.82) is 5.26 Å². The Hall–Kier alpha value is -2.47. The molecule has 0 aromatic heterocycles. The number of ether oxygens (including phenoxy) is 1. The molecule has 3 nitrogen and oxygen atoms in total. The molecule has 3 heteroatoms. The maximum Gasteiger partial charge on any atom is 0.174 e. The van der Waals surface area contributed by atoms with Crippen molar-refractivity contribution in [2.75, 3.05) is 11.9 Å². The van der Waals surface area contributed by atoms with E-state index in [9.17, 15) is 0 Å². The minimum atomic E-state index is 0.0748. The van der Waals surface area contributed by atoms with Crippen LogP contribution in [-0.2, 0) is 0 Å². The van der Waals surface area contributed by atoms with Crippen molar-refractivity contribution in [3.8, 4) is 11.8 Å². The minimum absolute atomic E-state index is 0.0748. The van der Waals surface area contributed by atoms with Crippen molar-refractivity contribution >= 4 is 5.69 Å². The van der Waals surface area contributed by atoms with Crippen LogP contribution in [0.15, 0.2) is 54.6 Å². The van der Waals surface area contributed by atoms with Crippen LogP contribution in [0, 0.1) is 17.2 Å². The fourth-order valence-corrected chi connectivity index (χ4v) is 2.24.